The molecule has 4 nitrogen and oxygen atoms in total. The van der Waals surface area contributed by atoms with Crippen LogP contribution in [0.5, 0.6) is 0 Å². The van der Waals surface area contributed by atoms with Crippen molar-refractivity contribution in [2.75, 3.05) is 18.4 Å². The van der Waals surface area contributed by atoms with Gasteiger partial charge in [-0.05, 0) is 56.7 Å². The van der Waals surface area contributed by atoms with Crippen molar-refractivity contribution in [1.29, 1.82) is 0 Å². The molecule has 0 aliphatic carbocycles. The van der Waals surface area contributed by atoms with Crippen molar-refractivity contribution in [2.45, 2.75) is 47.0 Å². The lowest BCUT2D eigenvalue weighted by atomic mass is 9.88. The molecule has 1 aliphatic rings. The molecule has 0 bridgehead atoms. The molecule has 1 aromatic rings. The van der Waals surface area contributed by atoms with Crippen LogP contribution in [0.2, 0.25) is 0 Å². The number of hydrogen-bond acceptors (Lipinski definition) is 2. The molecule has 1 N–H and O–H groups in total. The second-order valence-corrected chi connectivity index (χ2v) is 7.13. The minimum absolute atomic E-state index is 0.0771. The maximum atomic E-state index is 12.8. The molecular formula is C19H28N2O2. The van der Waals surface area contributed by atoms with Gasteiger partial charge in [-0.15, -0.1) is 0 Å². The molecule has 0 radical (unpaired) electrons. The van der Waals surface area contributed by atoms with Crippen LogP contribution >= 0.6 is 0 Å². The van der Waals surface area contributed by atoms with Crippen LogP contribution in [0.25, 0.3) is 0 Å². The van der Waals surface area contributed by atoms with Crippen molar-refractivity contribution in [3.8, 4) is 0 Å². The molecule has 0 aromatic heterocycles. The first-order valence-electron chi connectivity index (χ1n) is 8.54. The van der Waals surface area contributed by atoms with Gasteiger partial charge in [-0.2, -0.15) is 0 Å². The Morgan fingerprint density at radius 1 is 1.26 bits per heavy atom. The predicted molar refractivity (Wildman–Crippen MR) is 93.2 cm³/mol. The Labute approximate surface area is 139 Å². The van der Waals surface area contributed by atoms with Crippen LogP contribution in [-0.2, 0) is 16.0 Å². The van der Waals surface area contributed by atoms with Crippen LogP contribution in [0, 0.1) is 11.3 Å². The van der Waals surface area contributed by atoms with Gasteiger partial charge >= 0.3 is 0 Å². The second kappa shape index (κ2) is 7.16. The van der Waals surface area contributed by atoms with Gasteiger partial charge < -0.3 is 10.2 Å². The van der Waals surface area contributed by atoms with E-state index in [1.54, 1.807) is 13.8 Å². The van der Waals surface area contributed by atoms with E-state index < -0.39 is 5.41 Å². The van der Waals surface area contributed by atoms with E-state index in [-0.39, 0.29) is 11.8 Å². The van der Waals surface area contributed by atoms with Crippen LogP contribution in [-0.4, -0.2) is 29.8 Å². The van der Waals surface area contributed by atoms with Crippen molar-refractivity contribution in [2.24, 2.45) is 11.3 Å². The fraction of sp³-hybridized carbons (Fsp3) is 0.579. The average Bonchev–Trinajstić information content (AvgIpc) is 2.54. The predicted octanol–water partition coefficient (Wildman–Crippen LogP) is 3.47. The van der Waals surface area contributed by atoms with Crippen LogP contribution in [0.4, 0.5) is 5.69 Å². The molecule has 1 unspecified atom stereocenters. The molecule has 23 heavy (non-hydrogen) atoms. The third kappa shape index (κ3) is 4.12. The summed E-state index contributed by atoms with van der Waals surface area (Å²) in [5.41, 5.74) is 0.904. The number of amides is 2. The van der Waals surface area contributed by atoms with Crippen LogP contribution in [0.3, 0.4) is 0 Å². The Morgan fingerprint density at radius 2 is 1.91 bits per heavy atom. The standard InChI is InChI=1S/C19H28N2O2/c1-5-15-8-10-16(11-9-15)20-17(22)19(3,4)18(23)21-12-6-7-14(2)13-21/h8-11,14H,5-7,12-13H2,1-4H3,(H,20,22). The molecule has 0 saturated carbocycles. The third-order valence-electron chi connectivity index (χ3n) is 4.67. The first-order chi connectivity index (χ1) is 10.8. The molecule has 1 aliphatic heterocycles. The lowest BCUT2D eigenvalue weighted by Gasteiger charge is -2.36. The normalized spacial score (nSPS) is 18.6. The van der Waals surface area contributed by atoms with Gasteiger partial charge in [0, 0.05) is 18.8 Å². The Balaban J connectivity index is 2.04. The lowest BCUT2D eigenvalue weighted by molar-refractivity contribution is -0.147. The number of carbonyl (C=O) groups excluding carboxylic acids is 2. The van der Waals surface area contributed by atoms with Gasteiger partial charge in [0.05, 0.1) is 0 Å². The summed E-state index contributed by atoms with van der Waals surface area (Å²) < 4.78 is 0. The van der Waals surface area contributed by atoms with Crippen molar-refractivity contribution in [1.82, 2.24) is 4.90 Å². The van der Waals surface area contributed by atoms with E-state index in [1.165, 1.54) is 5.56 Å². The first kappa shape index (κ1) is 17.5. The summed E-state index contributed by atoms with van der Waals surface area (Å²) in [4.78, 5) is 27.2. The molecule has 1 saturated heterocycles. The maximum absolute atomic E-state index is 12.8. The number of likely N-dealkylation sites (tertiary alicyclic amines) is 1. The van der Waals surface area contributed by atoms with Gasteiger partial charge in [-0.25, -0.2) is 0 Å². The molecule has 1 fully saturated rings. The van der Waals surface area contributed by atoms with E-state index in [1.807, 2.05) is 29.2 Å². The third-order valence-corrected chi connectivity index (χ3v) is 4.67. The smallest absolute Gasteiger partial charge is 0.239 e. The van der Waals surface area contributed by atoms with Crippen molar-refractivity contribution >= 4 is 17.5 Å². The van der Waals surface area contributed by atoms with Crippen LogP contribution < -0.4 is 5.32 Å². The lowest BCUT2D eigenvalue weighted by Crippen LogP contribution is -2.50. The summed E-state index contributed by atoms with van der Waals surface area (Å²) in [6.07, 6.45) is 3.13. The van der Waals surface area contributed by atoms with Crippen LogP contribution in [0.15, 0.2) is 24.3 Å². The van der Waals surface area contributed by atoms with Gasteiger partial charge in [0.15, 0.2) is 0 Å². The summed E-state index contributed by atoms with van der Waals surface area (Å²) in [7, 11) is 0. The highest BCUT2D eigenvalue weighted by Gasteiger charge is 2.40. The molecule has 1 aromatic carbocycles. The highest BCUT2D eigenvalue weighted by atomic mass is 16.2. The quantitative estimate of drug-likeness (QED) is 0.865. The van der Waals surface area contributed by atoms with Gasteiger partial charge in [-0.3, -0.25) is 9.59 Å². The van der Waals surface area contributed by atoms with E-state index in [9.17, 15) is 9.59 Å². The van der Waals surface area contributed by atoms with Crippen LogP contribution in [0.1, 0.15) is 46.1 Å². The molecule has 1 atom stereocenters. The minimum atomic E-state index is -1.06. The highest BCUT2D eigenvalue weighted by molar-refractivity contribution is 6.09. The van der Waals surface area contributed by atoms with E-state index in [0.29, 0.717) is 5.92 Å². The summed E-state index contributed by atoms with van der Waals surface area (Å²) >= 11 is 0. The minimum Gasteiger partial charge on any atom is -0.342 e. The van der Waals surface area contributed by atoms with E-state index in [4.69, 9.17) is 0 Å². The Morgan fingerprint density at radius 3 is 2.48 bits per heavy atom. The van der Waals surface area contributed by atoms with Crippen molar-refractivity contribution in [3.63, 3.8) is 0 Å². The summed E-state index contributed by atoms with van der Waals surface area (Å²) in [6.45, 7) is 9.18. The molecule has 2 rings (SSSR count). The number of carbonyl (C=O) groups is 2. The zero-order valence-electron chi connectivity index (χ0n) is 14.7. The number of nitrogens with zero attached hydrogens (tertiary/aromatic N) is 1. The average molecular weight is 316 g/mol. The summed E-state index contributed by atoms with van der Waals surface area (Å²) in [5.74, 6) is 0.185. The SMILES string of the molecule is CCc1ccc(NC(=O)C(C)(C)C(=O)N2CCCC(C)C2)cc1. The zero-order chi connectivity index (χ0) is 17.0. The Bertz CT molecular complexity index is 563. The number of nitrogens with one attached hydrogen (secondary N) is 1. The fourth-order valence-corrected chi connectivity index (χ4v) is 2.98. The van der Waals surface area contributed by atoms with Crippen molar-refractivity contribution in [3.05, 3.63) is 29.8 Å². The van der Waals surface area contributed by atoms with E-state index in [0.717, 1.165) is 38.0 Å². The van der Waals surface area contributed by atoms with Gasteiger partial charge in [0.2, 0.25) is 11.8 Å². The number of benzene rings is 1. The number of rotatable bonds is 4. The molecular weight excluding hydrogens is 288 g/mol. The zero-order valence-corrected chi connectivity index (χ0v) is 14.7. The van der Waals surface area contributed by atoms with E-state index >= 15 is 0 Å². The van der Waals surface area contributed by atoms with Crippen molar-refractivity contribution < 1.29 is 9.59 Å². The largest absolute Gasteiger partial charge is 0.342 e. The maximum Gasteiger partial charge on any atom is 0.239 e. The Hall–Kier alpha value is -1.84. The number of hydrogen-bond donors (Lipinski definition) is 1. The number of anilines is 1. The van der Waals surface area contributed by atoms with E-state index in [2.05, 4.69) is 19.2 Å². The van der Waals surface area contributed by atoms with Gasteiger partial charge in [0.1, 0.15) is 5.41 Å². The summed E-state index contributed by atoms with van der Waals surface area (Å²) in [5, 5.41) is 2.88. The number of aryl methyl sites for hydroxylation is 1. The topological polar surface area (TPSA) is 49.4 Å². The highest BCUT2D eigenvalue weighted by Crippen LogP contribution is 2.25. The van der Waals surface area contributed by atoms with Gasteiger partial charge in [-0.1, -0.05) is 26.0 Å². The molecule has 1 heterocycles. The molecule has 0 spiro atoms. The van der Waals surface area contributed by atoms with Gasteiger partial charge in [0.25, 0.3) is 0 Å². The first-order valence-corrected chi connectivity index (χ1v) is 8.54. The molecule has 2 amide bonds. The fourth-order valence-electron chi connectivity index (χ4n) is 2.98. The molecule has 4 heteroatoms. The number of piperidine rings is 1. The second-order valence-electron chi connectivity index (χ2n) is 7.13. The monoisotopic (exact) mass is 316 g/mol. The summed E-state index contributed by atoms with van der Waals surface area (Å²) in [6, 6.07) is 7.77. The Kier molecular flexibility index (Phi) is 5.45. The molecule has 126 valence electrons.